The number of piperidine rings is 1. The van der Waals surface area contributed by atoms with Crippen molar-refractivity contribution in [2.75, 3.05) is 18.0 Å². The Kier molecular flexibility index (Phi) is 3.34. The van der Waals surface area contributed by atoms with E-state index in [2.05, 4.69) is 15.9 Å². The van der Waals surface area contributed by atoms with Gasteiger partial charge in [-0.3, -0.25) is 4.79 Å². The molecule has 102 valence electrons. The fraction of sp³-hybridized carbons (Fsp3) is 0.500. The van der Waals surface area contributed by atoms with Gasteiger partial charge in [-0.15, -0.1) is 0 Å². The molecule has 1 aliphatic carbocycles. The highest BCUT2D eigenvalue weighted by atomic mass is 79.9. The van der Waals surface area contributed by atoms with Gasteiger partial charge in [0.05, 0.1) is 15.7 Å². The average molecular weight is 347 g/mol. The number of benzene rings is 1. The van der Waals surface area contributed by atoms with E-state index in [0.29, 0.717) is 15.6 Å². The first-order valence-corrected chi connectivity index (χ1v) is 7.62. The van der Waals surface area contributed by atoms with Gasteiger partial charge >= 0.3 is 0 Å². The Morgan fingerprint density at radius 3 is 2.42 bits per heavy atom. The quantitative estimate of drug-likeness (QED) is 0.742. The third kappa shape index (κ3) is 2.40. The molecule has 2 fully saturated rings. The predicted octanol–water partition coefficient (Wildman–Crippen LogP) is 4.35. The van der Waals surface area contributed by atoms with Gasteiger partial charge in [-0.05, 0) is 70.8 Å². The van der Waals surface area contributed by atoms with Crippen LogP contribution < -0.4 is 4.90 Å². The van der Waals surface area contributed by atoms with Crippen molar-refractivity contribution in [3.63, 3.8) is 0 Å². The second-order valence-corrected chi connectivity index (χ2v) is 6.72. The standard InChI is InChI=1S/C14H14BrClFNO/c15-10-2-1-9(13(16)19)12(11(10)17)18-7-5-14(3-4-14)6-8-18/h1-2H,3-8H2. The van der Waals surface area contributed by atoms with Crippen LogP contribution >= 0.6 is 27.5 Å². The van der Waals surface area contributed by atoms with Gasteiger partial charge in [0, 0.05) is 13.1 Å². The van der Waals surface area contributed by atoms with Crippen molar-refractivity contribution in [1.29, 1.82) is 0 Å². The largest absolute Gasteiger partial charge is 0.368 e. The highest BCUT2D eigenvalue weighted by Crippen LogP contribution is 2.54. The average Bonchev–Trinajstić information content (AvgIpc) is 3.13. The number of carbonyl (C=O) groups is 1. The monoisotopic (exact) mass is 345 g/mol. The first-order valence-electron chi connectivity index (χ1n) is 6.45. The normalized spacial score (nSPS) is 20.7. The summed E-state index contributed by atoms with van der Waals surface area (Å²) in [5.74, 6) is -0.391. The van der Waals surface area contributed by atoms with Crippen LogP contribution in [0.5, 0.6) is 0 Å². The van der Waals surface area contributed by atoms with Crippen LogP contribution in [0.4, 0.5) is 10.1 Å². The summed E-state index contributed by atoms with van der Waals surface area (Å²) >= 11 is 8.75. The molecule has 1 aromatic rings. The first-order chi connectivity index (χ1) is 9.02. The van der Waals surface area contributed by atoms with Crippen molar-refractivity contribution < 1.29 is 9.18 Å². The molecule has 1 aromatic carbocycles. The van der Waals surface area contributed by atoms with Crippen LogP contribution in [-0.2, 0) is 0 Å². The highest BCUT2D eigenvalue weighted by molar-refractivity contribution is 9.10. The SMILES string of the molecule is O=C(Cl)c1ccc(Br)c(F)c1N1CCC2(CC1)CC2. The summed E-state index contributed by atoms with van der Waals surface area (Å²) in [7, 11) is 0. The van der Waals surface area contributed by atoms with Gasteiger partial charge in [0.1, 0.15) is 0 Å². The Morgan fingerprint density at radius 1 is 1.26 bits per heavy atom. The van der Waals surface area contributed by atoms with E-state index in [-0.39, 0.29) is 5.56 Å². The fourth-order valence-electron chi connectivity index (χ4n) is 2.89. The summed E-state index contributed by atoms with van der Waals surface area (Å²) in [5, 5.41) is -0.604. The van der Waals surface area contributed by atoms with Gasteiger partial charge in [-0.2, -0.15) is 0 Å². The van der Waals surface area contributed by atoms with Gasteiger partial charge in [-0.1, -0.05) is 0 Å². The lowest BCUT2D eigenvalue weighted by Gasteiger charge is -2.35. The molecule has 0 atom stereocenters. The van der Waals surface area contributed by atoms with E-state index in [0.717, 1.165) is 25.9 Å². The zero-order valence-corrected chi connectivity index (χ0v) is 12.7. The number of anilines is 1. The maximum absolute atomic E-state index is 14.3. The minimum atomic E-state index is -0.604. The molecule has 1 spiro atoms. The molecule has 0 N–H and O–H groups in total. The summed E-state index contributed by atoms with van der Waals surface area (Å²) in [5.41, 5.74) is 1.13. The van der Waals surface area contributed by atoms with Crippen molar-refractivity contribution >= 4 is 38.5 Å². The number of rotatable bonds is 2. The Bertz CT molecular complexity index is 534. The minimum absolute atomic E-state index is 0.258. The van der Waals surface area contributed by atoms with Crippen LogP contribution in [0.3, 0.4) is 0 Å². The van der Waals surface area contributed by atoms with E-state index in [9.17, 15) is 9.18 Å². The molecule has 0 unspecified atom stereocenters. The number of hydrogen-bond acceptors (Lipinski definition) is 2. The van der Waals surface area contributed by atoms with Gasteiger partial charge in [0.25, 0.3) is 5.24 Å². The smallest absolute Gasteiger partial charge is 0.254 e. The van der Waals surface area contributed by atoms with E-state index in [1.54, 1.807) is 6.07 Å². The maximum Gasteiger partial charge on any atom is 0.254 e. The fourth-order valence-corrected chi connectivity index (χ4v) is 3.36. The van der Waals surface area contributed by atoms with E-state index < -0.39 is 11.1 Å². The molecule has 1 aliphatic heterocycles. The lowest BCUT2D eigenvalue weighted by molar-refractivity contribution is 0.108. The Hall–Kier alpha value is -0.610. The Labute approximate surface area is 125 Å². The second kappa shape index (κ2) is 4.74. The number of carbonyl (C=O) groups excluding carboxylic acids is 1. The van der Waals surface area contributed by atoms with E-state index in [1.165, 1.54) is 18.9 Å². The molecule has 0 bridgehead atoms. The molecule has 5 heteroatoms. The molecule has 0 amide bonds. The molecule has 1 saturated heterocycles. The van der Waals surface area contributed by atoms with Gasteiger partial charge in [0.2, 0.25) is 0 Å². The molecule has 1 heterocycles. The lowest BCUT2D eigenvalue weighted by Crippen LogP contribution is -2.35. The van der Waals surface area contributed by atoms with Crippen LogP contribution in [0.2, 0.25) is 0 Å². The topological polar surface area (TPSA) is 20.3 Å². The zero-order chi connectivity index (χ0) is 13.6. The summed E-state index contributed by atoms with van der Waals surface area (Å²) in [4.78, 5) is 13.4. The molecule has 19 heavy (non-hydrogen) atoms. The van der Waals surface area contributed by atoms with Crippen molar-refractivity contribution in [1.82, 2.24) is 0 Å². The first kappa shape index (κ1) is 13.4. The number of hydrogen-bond donors (Lipinski definition) is 0. The van der Waals surface area contributed by atoms with E-state index >= 15 is 0 Å². The number of nitrogens with zero attached hydrogens (tertiary/aromatic N) is 1. The van der Waals surface area contributed by atoms with Gasteiger partial charge in [0.15, 0.2) is 5.82 Å². The summed E-state index contributed by atoms with van der Waals surface area (Å²) in [6.45, 7) is 1.59. The van der Waals surface area contributed by atoms with Crippen molar-refractivity contribution in [3.8, 4) is 0 Å². The molecule has 0 radical (unpaired) electrons. The molecule has 1 saturated carbocycles. The van der Waals surface area contributed by atoms with Crippen LogP contribution in [0.1, 0.15) is 36.0 Å². The van der Waals surface area contributed by atoms with Crippen molar-refractivity contribution in [2.24, 2.45) is 5.41 Å². The van der Waals surface area contributed by atoms with E-state index in [1.807, 2.05) is 4.90 Å². The molecule has 2 nitrogen and oxygen atoms in total. The third-order valence-corrected chi connectivity index (χ3v) is 5.19. The second-order valence-electron chi connectivity index (χ2n) is 5.52. The lowest BCUT2D eigenvalue weighted by atomic mass is 9.93. The highest BCUT2D eigenvalue weighted by Gasteiger charge is 2.45. The minimum Gasteiger partial charge on any atom is -0.368 e. The van der Waals surface area contributed by atoms with E-state index in [4.69, 9.17) is 11.6 Å². The molecular formula is C14H14BrClFNO. The third-order valence-electron chi connectivity index (χ3n) is 4.38. The Morgan fingerprint density at radius 2 is 1.89 bits per heavy atom. The molecular weight excluding hydrogens is 333 g/mol. The molecule has 0 aromatic heterocycles. The van der Waals surface area contributed by atoms with Crippen LogP contribution in [-0.4, -0.2) is 18.3 Å². The van der Waals surface area contributed by atoms with Gasteiger partial charge in [-0.25, -0.2) is 4.39 Å². The van der Waals surface area contributed by atoms with Crippen molar-refractivity contribution in [3.05, 3.63) is 28.0 Å². The zero-order valence-electron chi connectivity index (χ0n) is 10.4. The number of halogens is 3. The van der Waals surface area contributed by atoms with Gasteiger partial charge < -0.3 is 4.90 Å². The van der Waals surface area contributed by atoms with Crippen LogP contribution in [0.15, 0.2) is 16.6 Å². The molecule has 3 rings (SSSR count). The summed E-state index contributed by atoms with van der Waals surface area (Å²) in [6.07, 6.45) is 4.75. The van der Waals surface area contributed by atoms with Crippen molar-refractivity contribution in [2.45, 2.75) is 25.7 Å². The molecule has 2 aliphatic rings. The van der Waals surface area contributed by atoms with Crippen LogP contribution in [0.25, 0.3) is 0 Å². The maximum atomic E-state index is 14.3. The van der Waals surface area contributed by atoms with Crippen LogP contribution in [0, 0.1) is 11.2 Å². The predicted molar refractivity (Wildman–Crippen MR) is 77.4 cm³/mol. The summed E-state index contributed by atoms with van der Waals surface area (Å²) in [6, 6.07) is 3.11. The Balaban J connectivity index is 1.94. The summed E-state index contributed by atoms with van der Waals surface area (Å²) < 4.78 is 14.7.